The Morgan fingerprint density at radius 2 is 1.89 bits per heavy atom. The zero-order valence-corrected chi connectivity index (χ0v) is 17.6. The van der Waals surface area contributed by atoms with Gasteiger partial charge in [0.05, 0.1) is 19.8 Å². The van der Waals surface area contributed by atoms with Crippen molar-refractivity contribution in [2.75, 3.05) is 54.5 Å². The highest BCUT2D eigenvalue weighted by atomic mass is 16.5. The van der Waals surface area contributed by atoms with E-state index in [2.05, 4.69) is 34.6 Å². The molecule has 0 aliphatic heterocycles. The van der Waals surface area contributed by atoms with Crippen molar-refractivity contribution in [1.29, 1.82) is 0 Å². The number of hydrogen-bond acceptors (Lipinski definition) is 5. The molecule has 0 saturated carbocycles. The second-order valence-corrected chi connectivity index (χ2v) is 6.61. The van der Waals surface area contributed by atoms with Crippen molar-refractivity contribution in [3.8, 4) is 11.5 Å². The van der Waals surface area contributed by atoms with Crippen LogP contribution >= 0.6 is 0 Å². The first-order valence-corrected chi connectivity index (χ1v) is 9.50. The van der Waals surface area contributed by atoms with E-state index >= 15 is 0 Å². The lowest BCUT2D eigenvalue weighted by atomic mass is 10.2. The summed E-state index contributed by atoms with van der Waals surface area (Å²) in [4.78, 5) is 6.44. The van der Waals surface area contributed by atoms with E-state index < -0.39 is 0 Å². The molecule has 2 N–H and O–H groups in total. The molecule has 7 heteroatoms. The maximum absolute atomic E-state index is 5.93. The van der Waals surface area contributed by atoms with Gasteiger partial charge in [0, 0.05) is 32.8 Å². The zero-order chi connectivity index (χ0) is 20.1. The lowest BCUT2D eigenvalue weighted by Crippen LogP contribution is -2.45. The molecular formula is C20H36N4O3. The minimum Gasteiger partial charge on any atom is -0.497 e. The Balaban J connectivity index is 2.41. The molecule has 0 saturated heterocycles. The molecular weight excluding hydrogens is 344 g/mol. The van der Waals surface area contributed by atoms with Crippen molar-refractivity contribution in [2.24, 2.45) is 4.99 Å². The summed E-state index contributed by atoms with van der Waals surface area (Å²) in [6, 6.07) is 7.60. The fraction of sp³-hybridized carbons (Fsp3) is 0.650. The highest BCUT2D eigenvalue weighted by molar-refractivity contribution is 5.79. The summed E-state index contributed by atoms with van der Waals surface area (Å²) in [5.74, 6) is 2.31. The van der Waals surface area contributed by atoms with E-state index in [-0.39, 0.29) is 12.2 Å². The Labute approximate surface area is 164 Å². The maximum Gasteiger partial charge on any atom is 0.191 e. The fourth-order valence-electron chi connectivity index (χ4n) is 2.50. The standard InChI is InChI=1S/C20H36N4O3/c1-7-26-19(11-12-24(4)5)15-23-20(21-3)22-14-16(2)27-18-10-8-9-17(13-18)25-6/h8-10,13,16,19H,7,11-12,14-15H2,1-6H3,(H2,21,22,23). The van der Waals surface area contributed by atoms with E-state index in [0.29, 0.717) is 19.7 Å². The van der Waals surface area contributed by atoms with Crippen LogP contribution in [0, 0.1) is 0 Å². The largest absolute Gasteiger partial charge is 0.497 e. The van der Waals surface area contributed by atoms with Gasteiger partial charge in [-0.1, -0.05) is 6.07 Å². The Hall–Kier alpha value is -1.99. The molecule has 0 radical (unpaired) electrons. The number of ether oxygens (including phenoxy) is 3. The summed E-state index contributed by atoms with van der Waals surface area (Å²) in [5, 5.41) is 6.63. The number of benzene rings is 1. The Kier molecular flexibility index (Phi) is 11.3. The first-order valence-electron chi connectivity index (χ1n) is 9.50. The van der Waals surface area contributed by atoms with Gasteiger partial charge in [-0.3, -0.25) is 4.99 Å². The van der Waals surface area contributed by atoms with E-state index in [1.54, 1.807) is 14.2 Å². The highest BCUT2D eigenvalue weighted by Crippen LogP contribution is 2.19. The van der Waals surface area contributed by atoms with Crippen molar-refractivity contribution in [3.05, 3.63) is 24.3 Å². The van der Waals surface area contributed by atoms with E-state index in [9.17, 15) is 0 Å². The molecule has 0 aromatic heterocycles. The minimum absolute atomic E-state index is 0.0212. The van der Waals surface area contributed by atoms with Crippen molar-refractivity contribution < 1.29 is 14.2 Å². The summed E-state index contributed by atoms with van der Waals surface area (Å²) in [7, 11) is 7.55. The van der Waals surface area contributed by atoms with E-state index in [1.807, 2.05) is 38.1 Å². The second-order valence-electron chi connectivity index (χ2n) is 6.61. The minimum atomic E-state index is -0.0212. The molecule has 0 aliphatic carbocycles. The van der Waals surface area contributed by atoms with Crippen molar-refractivity contribution >= 4 is 5.96 Å². The molecule has 0 amide bonds. The third-order valence-electron chi connectivity index (χ3n) is 3.96. The SMILES string of the molecule is CCOC(CCN(C)C)CNC(=NC)NCC(C)Oc1cccc(OC)c1. The van der Waals surface area contributed by atoms with Crippen molar-refractivity contribution in [2.45, 2.75) is 32.5 Å². The first kappa shape index (κ1) is 23.0. The number of rotatable bonds is 12. The molecule has 27 heavy (non-hydrogen) atoms. The van der Waals surface area contributed by atoms with E-state index in [0.717, 1.165) is 30.4 Å². The smallest absolute Gasteiger partial charge is 0.191 e. The Morgan fingerprint density at radius 3 is 2.52 bits per heavy atom. The van der Waals surface area contributed by atoms with Gasteiger partial charge in [-0.15, -0.1) is 0 Å². The average molecular weight is 381 g/mol. The molecule has 0 heterocycles. The van der Waals surface area contributed by atoms with Crippen LogP contribution < -0.4 is 20.1 Å². The molecule has 0 spiro atoms. The molecule has 154 valence electrons. The lowest BCUT2D eigenvalue weighted by Gasteiger charge is -2.22. The van der Waals surface area contributed by atoms with Gasteiger partial charge in [-0.2, -0.15) is 0 Å². The number of methoxy groups -OCH3 is 1. The Morgan fingerprint density at radius 1 is 1.19 bits per heavy atom. The predicted octanol–water partition coefficient (Wildman–Crippen LogP) is 1.98. The molecule has 0 bridgehead atoms. The molecule has 0 fully saturated rings. The van der Waals surface area contributed by atoms with Crippen LogP contribution in [0.1, 0.15) is 20.3 Å². The summed E-state index contributed by atoms with van der Waals surface area (Å²) in [6.45, 7) is 7.08. The molecule has 2 unspecified atom stereocenters. The summed E-state index contributed by atoms with van der Waals surface area (Å²) < 4.78 is 17.0. The number of hydrogen-bond donors (Lipinski definition) is 2. The highest BCUT2D eigenvalue weighted by Gasteiger charge is 2.11. The average Bonchev–Trinajstić information content (AvgIpc) is 2.66. The Bertz CT molecular complexity index is 552. The molecule has 2 atom stereocenters. The van der Waals surface area contributed by atoms with Gasteiger partial charge in [0.15, 0.2) is 5.96 Å². The first-order chi connectivity index (χ1) is 13.0. The van der Waals surface area contributed by atoms with Gasteiger partial charge in [0.2, 0.25) is 0 Å². The van der Waals surface area contributed by atoms with E-state index in [1.165, 1.54) is 0 Å². The van der Waals surface area contributed by atoms with Gasteiger partial charge in [0.1, 0.15) is 17.6 Å². The number of aliphatic imine (C=N–C) groups is 1. The normalized spacial score (nSPS) is 14.0. The monoisotopic (exact) mass is 380 g/mol. The quantitative estimate of drug-likeness (QED) is 0.427. The number of nitrogens with zero attached hydrogens (tertiary/aromatic N) is 2. The van der Waals surface area contributed by atoms with Gasteiger partial charge in [-0.05, 0) is 46.5 Å². The van der Waals surface area contributed by atoms with Crippen molar-refractivity contribution in [3.63, 3.8) is 0 Å². The van der Waals surface area contributed by atoms with Gasteiger partial charge in [0.25, 0.3) is 0 Å². The van der Waals surface area contributed by atoms with Crippen LogP contribution in [0.2, 0.25) is 0 Å². The van der Waals surface area contributed by atoms with Crippen LogP contribution in [0.5, 0.6) is 11.5 Å². The van der Waals surface area contributed by atoms with Crippen molar-refractivity contribution in [1.82, 2.24) is 15.5 Å². The van der Waals surface area contributed by atoms with Crippen LogP contribution in [-0.2, 0) is 4.74 Å². The summed E-state index contributed by atoms with van der Waals surface area (Å²) in [5.41, 5.74) is 0. The topological polar surface area (TPSA) is 67.4 Å². The number of nitrogens with one attached hydrogen (secondary N) is 2. The summed E-state index contributed by atoms with van der Waals surface area (Å²) in [6.07, 6.45) is 1.11. The van der Waals surface area contributed by atoms with Gasteiger partial charge < -0.3 is 29.7 Å². The van der Waals surface area contributed by atoms with Crippen LogP contribution in [0.4, 0.5) is 0 Å². The third-order valence-corrected chi connectivity index (χ3v) is 3.96. The van der Waals surface area contributed by atoms with E-state index in [4.69, 9.17) is 14.2 Å². The van der Waals surface area contributed by atoms with Gasteiger partial charge >= 0.3 is 0 Å². The van der Waals surface area contributed by atoms with Crippen LogP contribution in [0.3, 0.4) is 0 Å². The molecule has 1 rings (SSSR count). The van der Waals surface area contributed by atoms with Crippen LogP contribution in [0.25, 0.3) is 0 Å². The maximum atomic E-state index is 5.93. The summed E-state index contributed by atoms with van der Waals surface area (Å²) >= 11 is 0. The number of guanidine groups is 1. The van der Waals surface area contributed by atoms with Crippen LogP contribution in [-0.4, -0.2) is 77.6 Å². The molecule has 7 nitrogen and oxygen atoms in total. The second kappa shape index (κ2) is 13.2. The molecule has 1 aromatic carbocycles. The zero-order valence-electron chi connectivity index (χ0n) is 17.6. The third kappa shape index (κ3) is 10.1. The predicted molar refractivity (Wildman–Crippen MR) is 111 cm³/mol. The lowest BCUT2D eigenvalue weighted by molar-refractivity contribution is 0.0548. The fourth-order valence-corrected chi connectivity index (χ4v) is 2.50. The van der Waals surface area contributed by atoms with Gasteiger partial charge in [-0.25, -0.2) is 0 Å². The van der Waals surface area contributed by atoms with Crippen LogP contribution in [0.15, 0.2) is 29.3 Å². The molecule has 1 aromatic rings. The molecule has 0 aliphatic rings.